The van der Waals surface area contributed by atoms with Crippen LogP contribution < -0.4 is 10.2 Å². The lowest BCUT2D eigenvalue weighted by molar-refractivity contribution is -0.126. The van der Waals surface area contributed by atoms with Crippen molar-refractivity contribution in [3.8, 4) is 0 Å². The first-order chi connectivity index (χ1) is 13.2. The molecule has 4 rings (SSSR count). The maximum Gasteiger partial charge on any atom is 0.225 e. The molecule has 1 aromatic heterocycles. The Hall–Kier alpha value is -1.69. The molecule has 2 fully saturated rings. The molecule has 6 nitrogen and oxygen atoms in total. The van der Waals surface area contributed by atoms with Gasteiger partial charge in [0.05, 0.1) is 11.7 Å². The number of piperidine rings is 1. The van der Waals surface area contributed by atoms with Crippen molar-refractivity contribution in [2.24, 2.45) is 11.8 Å². The second-order valence-corrected chi connectivity index (χ2v) is 8.47. The molecule has 148 valence electrons. The molecule has 0 bridgehead atoms. The second-order valence-electron chi connectivity index (χ2n) is 8.47. The Bertz CT molecular complexity index is 652. The van der Waals surface area contributed by atoms with Crippen LogP contribution in [0.2, 0.25) is 0 Å². The molecule has 1 saturated carbocycles. The third-order valence-corrected chi connectivity index (χ3v) is 6.62. The predicted octanol–water partition coefficient (Wildman–Crippen LogP) is 2.76. The van der Waals surface area contributed by atoms with E-state index in [1.807, 2.05) is 6.20 Å². The summed E-state index contributed by atoms with van der Waals surface area (Å²) in [5, 5.41) is 12.6. The van der Waals surface area contributed by atoms with Crippen LogP contribution in [0, 0.1) is 11.8 Å². The summed E-state index contributed by atoms with van der Waals surface area (Å²) in [7, 11) is 0. The third kappa shape index (κ3) is 4.26. The number of carbonyl (C=O) groups excluding carboxylic acids is 1. The molecule has 1 atom stereocenters. The van der Waals surface area contributed by atoms with Crippen LogP contribution in [0.5, 0.6) is 0 Å². The van der Waals surface area contributed by atoms with Gasteiger partial charge < -0.3 is 15.3 Å². The minimum Gasteiger partial charge on any atom is -0.396 e. The van der Waals surface area contributed by atoms with Crippen LogP contribution in [-0.4, -0.2) is 40.7 Å². The van der Waals surface area contributed by atoms with Crippen LogP contribution in [0.3, 0.4) is 0 Å². The molecule has 1 aliphatic heterocycles. The average Bonchev–Trinajstić information content (AvgIpc) is 2.74. The molecule has 2 N–H and O–H groups in total. The highest BCUT2D eigenvalue weighted by atomic mass is 16.3. The second kappa shape index (κ2) is 8.55. The highest BCUT2D eigenvalue weighted by Gasteiger charge is 2.28. The highest BCUT2D eigenvalue weighted by molar-refractivity contribution is 5.79. The van der Waals surface area contributed by atoms with Crippen LogP contribution in [-0.2, 0) is 11.2 Å². The number of carbonyl (C=O) groups is 1. The quantitative estimate of drug-likeness (QED) is 0.850. The van der Waals surface area contributed by atoms with E-state index < -0.39 is 0 Å². The number of aryl methyl sites for hydroxylation is 1. The summed E-state index contributed by atoms with van der Waals surface area (Å²) >= 11 is 0. The number of rotatable bonds is 4. The summed E-state index contributed by atoms with van der Waals surface area (Å²) in [4.78, 5) is 24.4. The van der Waals surface area contributed by atoms with Crippen molar-refractivity contribution in [2.75, 3.05) is 24.6 Å². The monoisotopic (exact) mass is 372 g/mol. The van der Waals surface area contributed by atoms with Crippen molar-refractivity contribution in [1.29, 1.82) is 0 Å². The lowest BCUT2D eigenvalue weighted by Gasteiger charge is -2.33. The van der Waals surface area contributed by atoms with E-state index in [0.717, 1.165) is 75.2 Å². The zero-order valence-electron chi connectivity index (χ0n) is 16.2. The van der Waals surface area contributed by atoms with E-state index >= 15 is 0 Å². The molecule has 0 unspecified atom stereocenters. The number of aromatic nitrogens is 2. The molecular formula is C21H32N4O2. The fraction of sp³-hybridized carbons (Fsp3) is 0.762. The molecule has 1 aromatic rings. The van der Waals surface area contributed by atoms with Gasteiger partial charge in [-0.1, -0.05) is 19.3 Å². The van der Waals surface area contributed by atoms with Gasteiger partial charge in [0.25, 0.3) is 0 Å². The van der Waals surface area contributed by atoms with Crippen molar-refractivity contribution in [3.63, 3.8) is 0 Å². The van der Waals surface area contributed by atoms with Crippen molar-refractivity contribution in [3.05, 3.63) is 17.5 Å². The summed E-state index contributed by atoms with van der Waals surface area (Å²) < 4.78 is 0. The van der Waals surface area contributed by atoms with E-state index in [-0.39, 0.29) is 24.5 Å². The first-order valence-corrected chi connectivity index (χ1v) is 10.8. The van der Waals surface area contributed by atoms with Gasteiger partial charge in [-0.05, 0) is 50.9 Å². The zero-order chi connectivity index (χ0) is 18.6. The maximum atomic E-state index is 12.7. The number of anilines is 1. The van der Waals surface area contributed by atoms with Gasteiger partial charge in [-0.3, -0.25) is 4.79 Å². The van der Waals surface area contributed by atoms with E-state index in [1.165, 1.54) is 19.3 Å². The Morgan fingerprint density at radius 2 is 1.89 bits per heavy atom. The molecule has 0 radical (unpaired) electrons. The fourth-order valence-electron chi connectivity index (χ4n) is 4.81. The molecular weight excluding hydrogens is 340 g/mol. The van der Waals surface area contributed by atoms with Gasteiger partial charge in [0.15, 0.2) is 0 Å². The molecule has 1 amide bonds. The third-order valence-electron chi connectivity index (χ3n) is 6.62. The summed E-state index contributed by atoms with van der Waals surface area (Å²) in [5.41, 5.74) is 2.21. The van der Waals surface area contributed by atoms with Gasteiger partial charge in [-0.25, -0.2) is 9.97 Å². The molecule has 27 heavy (non-hydrogen) atoms. The Kier molecular flexibility index (Phi) is 5.91. The maximum absolute atomic E-state index is 12.7. The van der Waals surface area contributed by atoms with Crippen molar-refractivity contribution in [2.45, 2.75) is 70.3 Å². The fourth-order valence-corrected chi connectivity index (χ4v) is 4.81. The van der Waals surface area contributed by atoms with Crippen LogP contribution in [0.1, 0.15) is 75.1 Å². The number of nitrogens with one attached hydrogen (secondary N) is 1. The number of aliphatic hydroxyl groups is 1. The Morgan fingerprint density at radius 3 is 2.63 bits per heavy atom. The van der Waals surface area contributed by atoms with Gasteiger partial charge >= 0.3 is 0 Å². The zero-order valence-corrected chi connectivity index (χ0v) is 16.2. The SMILES string of the molecule is O=C(N[C@@H]1CCCc2nc(N3CCC(CO)CC3)ncc21)C1CCCCC1. The number of hydrogen-bond acceptors (Lipinski definition) is 5. The molecule has 2 heterocycles. The summed E-state index contributed by atoms with van der Waals surface area (Å²) in [5.74, 6) is 1.64. The highest BCUT2D eigenvalue weighted by Crippen LogP contribution is 2.31. The number of amides is 1. The predicted molar refractivity (Wildman–Crippen MR) is 104 cm³/mol. The summed E-state index contributed by atoms with van der Waals surface area (Å²) in [6, 6.07) is 0.0670. The standard InChI is InChI=1S/C21H32N4O2/c26-14-15-9-11-25(12-10-15)21-22-13-17-18(7-4-8-19(17)24-21)23-20(27)16-5-2-1-3-6-16/h13,15-16,18,26H,1-12,14H2,(H,23,27)/t18-/m1/s1. The summed E-state index contributed by atoms with van der Waals surface area (Å²) in [6.45, 7) is 2.10. The number of nitrogens with zero attached hydrogens (tertiary/aromatic N) is 3. The van der Waals surface area contributed by atoms with E-state index in [4.69, 9.17) is 4.98 Å². The topological polar surface area (TPSA) is 78.4 Å². The van der Waals surface area contributed by atoms with E-state index in [0.29, 0.717) is 5.92 Å². The van der Waals surface area contributed by atoms with Crippen molar-refractivity contribution in [1.82, 2.24) is 15.3 Å². The van der Waals surface area contributed by atoms with Gasteiger partial charge in [0, 0.05) is 37.4 Å². The average molecular weight is 373 g/mol. The van der Waals surface area contributed by atoms with Gasteiger partial charge in [-0.2, -0.15) is 0 Å². The van der Waals surface area contributed by atoms with E-state index in [2.05, 4.69) is 15.2 Å². The minimum absolute atomic E-state index is 0.0670. The molecule has 3 aliphatic rings. The van der Waals surface area contributed by atoms with Gasteiger partial charge in [-0.15, -0.1) is 0 Å². The molecule has 6 heteroatoms. The van der Waals surface area contributed by atoms with E-state index in [9.17, 15) is 9.90 Å². The molecule has 0 aromatic carbocycles. The Morgan fingerprint density at radius 1 is 1.11 bits per heavy atom. The van der Waals surface area contributed by atoms with Crippen LogP contribution in [0.4, 0.5) is 5.95 Å². The first kappa shape index (κ1) is 18.7. The number of fused-ring (bicyclic) bond motifs is 1. The first-order valence-electron chi connectivity index (χ1n) is 10.8. The lowest BCUT2D eigenvalue weighted by Crippen LogP contribution is -2.38. The van der Waals surface area contributed by atoms with Gasteiger partial charge in [0.1, 0.15) is 0 Å². The van der Waals surface area contributed by atoms with Crippen molar-refractivity contribution < 1.29 is 9.90 Å². The van der Waals surface area contributed by atoms with Gasteiger partial charge in [0.2, 0.25) is 11.9 Å². The van der Waals surface area contributed by atoms with Crippen LogP contribution in [0.15, 0.2) is 6.20 Å². The number of aliphatic hydroxyl groups excluding tert-OH is 1. The largest absolute Gasteiger partial charge is 0.396 e. The lowest BCUT2D eigenvalue weighted by atomic mass is 9.87. The Labute approximate surface area is 161 Å². The van der Waals surface area contributed by atoms with Crippen LogP contribution >= 0.6 is 0 Å². The van der Waals surface area contributed by atoms with Crippen LogP contribution in [0.25, 0.3) is 0 Å². The molecule has 0 spiro atoms. The summed E-state index contributed by atoms with van der Waals surface area (Å²) in [6.07, 6.45) is 12.6. The normalized spacial score (nSPS) is 24.5. The minimum atomic E-state index is 0.0670. The smallest absolute Gasteiger partial charge is 0.225 e. The van der Waals surface area contributed by atoms with E-state index in [1.54, 1.807) is 0 Å². The Balaban J connectivity index is 1.43. The van der Waals surface area contributed by atoms with Crippen molar-refractivity contribution >= 4 is 11.9 Å². The molecule has 1 saturated heterocycles. The number of hydrogen-bond donors (Lipinski definition) is 2. The molecule has 2 aliphatic carbocycles.